The van der Waals surface area contributed by atoms with Crippen molar-refractivity contribution >= 4 is 23.1 Å². The number of carbonyl (C=O) groups excluding carboxylic acids is 1. The molecule has 2 saturated carbocycles. The monoisotopic (exact) mass is 430 g/mol. The quantitative estimate of drug-likeness (QED) is 0.653. The lowest BCUT2D eigenvalue weighted by molar-refractivity contribution is -0.140. The fourth-order valence-electron chi connectivity index (χ4n) is 6.17. The smallest absolute Gasteiger partial charge is 0.347 e. The summed E-state index contributed by atoms with van der Waals surface area (Å²) in [6, 6.07) is 3.71. The summed E-state index contributed by atoms with van der Waals surface area (Å²) in [7, 11) is 1.36. The maximum absolute atomic E-state index is 13.2. The van der Waals surface area contributed by atoms with E-state index in [4.69, 9.17) is 4.98 Å². The van der Waals surface area contributed by atoms with Crippen molar-refractivity contribution in [2.24, 2.45) is 12.5 Å². The van der Waals surface area contributed by atoms with E-state index in [1.54, 1.807) is 6.20 Å². The summed E-state index contributed by atoms with van der Waals surface area (Å²) < 4.78 is 42.1. The molecule has 31 heavy (non-hydrogen) atoms. The second kappa shape index (κ2) is 5.18. The molecule has 0 radical (unpaired) electrons. The summed E-state index contributed by atoms with van der Waals surface area (Å²) in [4.78, 5) is 19.9. The van der Waals surface area contributed by atoms with E-state index >= 15 is 0 Å². The molecule has 2 aliphatic carbocycles. The number of carbonyl (C=O) groups is 1. The lowest BCUT2D eigenvalue weighted by Gasteiger charge is -2.38. The van der Waals surface area contributed by atoms with Crippen molar-refractivity contribution in [1.82, 2.24) is 29.7 Å². The molecule has 0 aromatic carbocycles. The van der Waals surface area contributed by atoms with Crippen LogP contribution in [0.25, 0.3) is 5.65 Å². The number of aromatic nitrogens is 5. The SMILES string of the molecule is Cn1cc(NC(=O)c2cnn3ccc(N4[C@H]5[C@@H]6N[C@H]7CC56C[C@@H]74)nc23)c(C(F)(F)F)n1. The molecule has 7 rings (SSSR count). The van der Waals surface area contributed by atoms with Gasteiger partial charge >= 0.3 is 6.18 Å². The van der Waals surface area contributed by atoms with Gasteiger partial charge in [-0.3, -0.25) is 9.48 Å². The third kappa shape index (κ3) is 2.10. The number of hydrogen-bond acceptors (Lipinski definition) is 6. The molecule has 4 aliphatic rings. The van der Waals surface area contributed by atoms with Gasteiger partial charge in [-0.1, -0.05) is 0 Å². The summed E-state index contributed by atoms with van der Waals surface area (Å²) in [5, 5.41) is 13.6. The first-order valence-electron chi connectivity index (χ1n) is 10.1. The van der Waals surface area contributed by atoms with Crippen molar-refractivity contribution < 1.29 is 18.0 Å². The van der Waals surface area contributed by atoms with Crippen LogP contribution in [0, 0.1) is 5.41 Å². The number of nitrogens with one attached hydrogen (secondary N) is 2. The van der Waals surface area contributed by atoms with Crippen LogP contribution in [-0.4, -0.2) is 54.5 Å². The largest absolute Gasteiger partial charge is 0.437 e. The number of rotatable bonds is 3. The van der Waals surface area contributed by atoms with Gasteiger partial charge in [0.05, 0.1) is 17.9 Å². The van der Waals surface area contributed by atoms with Gasteiger partial charge in [0.2, 0.25) is 0 Å². The van der Waals surface area contributed by atoms with Crippen LogP contribution in [0.2, 0.25) is 0 Å². The molecule has 9 nitrogen and oxygen atoms in total. The summed E-state index contributed by atoms with van der Waals surface area (Å²) in [6.07, 6.45) is 1.89. The molecule has 5 atom stereocenters. The third-order valence-corrected chi connectivity index (χ3v) is 7.33. The molecule has 1 amide bonds. The van der Waals surface area contributed by atoms with Gasteiger partial charge in [-0.2, -0.15) is 23.4 Å². The number of hydrogen-bond donors (Lipinski definition) is 2. The minimum atomic E-state index is -4.68. The summed E-state index contributed by atoms with van der Waals surface area (Å²) in [6.45, 7) is 0. The van der Waals surface area contributed by atoms with Crippen molar-refractivity contribution in [2.75, 3.05) is 10.2 Å². The van der Waals surface area contributed by atoms with Gasteiger partial charge in [0, 0.05) is 43.0 Å². The van der Waals surface area contributed by atoms with E-state index in [2.05, 4.69) is 25.7 Å². The molecule has 2 N–H and O–H groups in total. The zero-order valence-electron chi connectivity index (χ0n) is 16.3. The number of anilines is 2. The van der Waals surface area contributed by atoms with Crippen LogP contribution in [0.3, 0.4) is 0 Å². The van der Waals surface area contributed by atoms with Crippen LogP contribution >= 0.6 is 0 Å². The van der Waals surface area contributed by atoms with E-state index in [1.807, 2.05) is 6.07 Å². The van der Waals surface area contributed by atoms with Crippen molar-refractivity contribution in [3.63, 3.8) is 0 Å². The molecular formula is C19H17F3N8O. The van der Waals surface area contributed by atoms with Crippen LogP contribution < -0.4 is 15.5 Å². The Morgan fingerprint density at radius 2 is 2.19 bits per heavy atom. The van der Waals surface area contributed by atoms with Crippen LogP contribution in [0.1, 0.15) is 28.9 Å². The highest BCUT2D eigenvalue weighted by molar-refractivity contribution is 6.08. The zero-order chi connectivity index (χ0) is 21.3. The van der Waals surface area contributed by atoms with Crippen molar-refractivity contribution in [1.29, 1.82) is 0 Å². The Balaban J connectivity index is 1.23. The normalized spacial score (nSPS) is 32.3. The van der Waals surface area contributed by atoms with Crippen molar-refractivity contribution in [3.8, 4) is 0 Å². The Morgan fingerprint density at radius 3 is 2.84 bits per heavy atom. The fraction of sp³-hybridized carbons (Fsp3) is 0.474. The molecule has 3 bridgehead atoms. The Bertz CT molecular complexity index is 1270. The fourth-order valence-corrected chi connectivity index (χ4v) is 6.17. The van der Waals surface area contributed by atoms with Gasteiger partial charge in [-0.15, -0.1) is 0 Å². The van der Waals surface area contributed by atoms with Crippen LogP contribution in [0.15, 0.2) is 24.7 Å². The van der Waals surface area contributed by atoms with Gasteiger partial charge in [0.1, 0.15) is 11.4 Å². The molecule has 5 heterocycles. The number of fused-ring (bicyclic) bond motifs is 5. The van der Waals surface area contributed by atoms with Gasteiger partial charge in [-0.05, 0) is 18.9 Å². The molecule has 2 aliphatic heterocycles. The van der Waals surface area contributed by atoms with E-state index in [9.17, 15) is 18.0 Å². The van der Waals surface area contributed by atoms with Gasteiger partial charge < -0.3 is 15.5 Å². The van der Waals surface area contributed by atoms with Crippen LogP contribution in [0.5, 0.6) is 0 Å². The predicted molar refractivity (Wildman–Crippen MR) is 102 cm³/mol. The molecule has 3 aromatic heterocycles. The average Bonchev–Trinajstić information content (AvgIpc) is 3.29. The highest BCUT2D eigenvalue weighted by Gasteiger charge is 2.83. The Kier molecular flexibility index (Phi) is 2.93. The van der Waals surface area contributed by atoms with E-state index in [0.717, 1.165) is 16.7 Å². The highest BCUT2D eigenvalue weighted by Crippen LogP contribution is 2.72. The van der Waals surface area contributed by atoms with Crippen LogP contribution in [-0.2, 0) is 13.2 Å². The molecule has 160 valence electrons. The molecule has 1 spiro atoms. The maximum atomic E-state index is 13.2. The first kappa shape index (κ1) is 17.5. The second-order valence-electron chi connectivity index (χ2n) is 8.94. The third-order valence-electron chi connectivity index (χ3n) is 7.33. The molecule has 2 saturated heterocycles. The number of amides is 1. The van der Waals surface area contributed by atoms with E-state index < -0.39 is 23.5 Å². The topological polar surface area (TPSA) is 92.4 Å². The van der Waals surface area contributed by atoms with E-state index in [-0.39, 0.29) is 5.56 Å². The number of halogens is 3. The Labute approximate surface area is 173 Å². The van der Waals surface area contributed by atoms with Gasteiger partial charge in [0.25, 0.3) is 5.91 Å². The maximum Gasteiger partial charge on any atom is 0.437 e. The highest BCUT2D eigenvalue weighted by atomic mass is 19.4. The average molecular weight is 430 g/mol. The minimum absolute atomic E-state index is 0.108. The zero-order valence-corrected chi connectivity index (χ0v) is 16.3. The summed E-state index contributed by atoms with van der Waals surface area (Å²) in [5.41, 5.74) is -0.757. The van der Waals surface area contributed by atoms with E-state index in [0.29, 0.717) is 35.2 Å². The van der Waals surface area contributed by atoms with Crippen molar-refractivity contribution in [2.45, 2.75) is 43.2 Å². The minimum Gasteiger partial charge on any atom is -0.347 e. The summed E-state index contributed by atoms with van der Waals surface area (Å²) in [5.74, 6) is 0.0680. The second-order valence-corrected chi connectivity index (χ2v) is 8.94. The van der Waals surface area contributed by atoms with Gasteiger partial charge in [-0.25, -0.2) is 9.50 Å². The standard InChI is InChI=1S/C19H17F3N8O/c1-28-7-10(13(27-28)19(20,21)22)25-17(31)8-6-23-29-3-2-12(26-16(8)29)30-11-5-18-4-9(11)24-14(18)15(18)30/h2-3,6-7,9,11,14-15,24H,4-5H2,1H3,(H,25,31)/t9-,11-,14-,15-,18?/m0/s1. The molecule has 3 aromatic rings. The van der Waals surface area contributed by atoms with Gasteiger partial charge in [0.15, 0.2) is 11.3 Å². The summed E-state index contributed by atoms with van der Waals surface area (Å²) >= 11 is 0. The lowest BCUT2D eigenvalue weighted by atomic mass is 10.1. The van der Waals surface area contributed by atoms with Crippen LogP contribution in [0.4, 0.5) is 24.7 Å². The van der Waals surface area contributed by atoms with E-state index in [1.165, 1.54) is 30.6 Å². The Hall–Kier alpha value is -3.15. The molecule has 4 fully saturated rings. The number of piperidine rings is 4. The van der Waals surface area contributed by atoms with Crippen molar-refractivity contribution in [3.05, 3.63) is 35.9 Å². The molecular weight excluding hydrogens is 413 g/mol. The molecule has 12 heteroatoms. The number of nitrogens with zero attached hydrogens (tertiary/aromatic N) is 6. The first-order chi connectivity index (χ1) is 14.8. The lowest BCUT2D eigenvalue weighted by Crippen LogP contribution is -2.55. The molecule has 1 unspecified atom stereocenters. The number of alkyl halides is 3. The Morgan fingerprint density at radius 1 is 1.35 bits per heavy atom. The first-order valence-corrected chi connectivity index (χ1v) is 10.1. The number of piperazine rings is 1. The number of aryl methyl sites for hydroxylation is 1. The predicted octanol–water partition coefficient (Wildman–Crippen LogP) is 1.43.